The van der Waals surface area contributed by atoms with Crippen LogP contribution in [0, 0.1) is 13.8 Å². The molecular formula is C17H19NO3S. The number of rotatable bonds is 5. The molecule has 0 radical (unpaired) electrons. The summed E-state index contributed by atoms with van der Waals surface area (Å²) < 4.78 is 26.8. The Morgan fingerprint density at radius 3 is 2.41 bits per heavy atom. The zero-order valence-electron chi connectivity index (χ0n) is 12.7. The van der Waals surface area contributed by atoms with E-state index in [2.05, 4.69) is 4.57 Å². The Hall–Kier alpha value is -1.88. The van der Waals surface area contributed by atoms with Gasteiger partial charge >= 0.3 is 0 Å². The number of hydrogen-bond donors (Lipinski definition) is 0. The van der Waals surface area contributed by atoms with E-state index in [-0.39, 0.29) is 10.7 Å². The summed E-state index contributed by atoms with van der Waals surface area (Å²) in [6.07, 6.45) is 2.26. The normalized spacial score (nSPS) is 15.0. The first-order chi connectivity index (χ1) is 10.4. The van der Waals surface area contributed by atoms with Crippen molar-refractivity contribution >= 4 is 15.6 Å². The summed E-state index contributed by atoms with van der Waals surface area (Å²) in [4.78, 5) is 12.7. The Kier molecular flexibility index (Phi) is 3.68. The van der Waals surface area contributed by atoms with Gasteiger partial charge in [-0.2, -0.15) is 0 Å². The molecule has 1 aromatic carbocycles. The van der Waals surface area contributed by atoms with Gasteiger partial charge in [-0.15, -0.1) is 0 Å². The van der Waals surface area contributed by atoms with Crippen LogP contribution < -0.4 is 0 Å². The van der Waals surface area contributed by atoms with Gasteiger partial charge in [-0.25, -0.2) is 8.42 Å². The van der Waals surface area contributed by atoms with Crippen LogP contribution in [0.15, 0.2) is 41.3 Å². The predicted octanol–water partition coefficient (Wildman–Crippen LogP) is 3.10. The maximum atomic E-state index is 12.5. The number of carbonyl (C=O) groups is 1. The molecule has 0 atom stereocenters. The maximum absolute atomic E-state index is 12.5. The summed E-state index contributed by atoms with van der Waals surface area (Å²) in [5.74, 6) is -0.810. The minimum absolute atomic E-state index is 0.194. The fourth-order valence-corrected chi connectivity index (χ4v) is 4.15. The molecule has 2 aromatic rings. The molecule has 0 aliphatic heterocycles. The molecule has 4 nitrogen and oxygen atoms in total. The van der Waals surface area contributed by atoms with Crippen LogP contribution in [0.1, 0.15) is 40.6 Å². The molecule has 22 heavy (non-hydrogen) atoms. The SMILES string of the molecule is Cc1cc(C(=O)CS(=O)(=O)c2ccccc2)c(C)n1C1CC1. The summed E-state index contributed by atoms with van der Waals surface area (Å²) in [5.41, 5.74) is 2.44. The van der Waals surface area contributed by atoms with Gasteiger partial charge in [-0.05, 0) is 44.9 Å². The minimum Gasteiger partial charge on any atom is -0.345 e. The number of sulfone groups is 1. The van der Waals surface area contributed by atoms with E-state index >= 15 is 0 Å². The van der Waals surface area contributed by atoms with Crippen molar-refractivity contribution in [2.24, 2.45) is 0 Å². The van der Waals surface area contributed by atoms with Gasteiger partial charge in [0, 0.05) is 23.0 Å². The molecule has 0 bridgehead atoms. The molecule has 1 heterocycles. The van der Waals surface area contributed by atoms with E-state index in [0.717, 1.165) is 24.2 Å². The molecule has 1 aliphatic rings. The second-order valence-corrected chi connectivity index (χ2v) is 7.87. The molecule has 5 heteroatoms. The Morgan fingerprint density at radius 2 is 1.82 bits per heavy atom. The Bertz CT molecular complexity index is 815. The van der Waals surface area contributed by atoms with Crippen molar-refractivity contribution in [3.05, 3.63) is 53.3 Å². The molecule has 0 spiro atoms. The third-order valence-corrected chi connectivity index (χ3v) is 5.75. The highest BCUT2D eigenvalue weighted by Gasteiger charge is 2.29. The second kappa shape index (κ2) is 5.39. The third kappa shape index (κ3) is 2.73. The number of benzene rings is 1. The Morgan fingerprint density at radius 1 is 1.18 bits per heavy atom. The highest BCUT2D eigenvalue weighted by molar-refractivity contribution is 7.92. The lowest BCUT2D eigenvalue weighted by molar-refractivity contribution is 0.102. The van der Waals surface area contributed by atoms with Gasteiger partial charge in [0.15, 0.2) is 15.6 Å². The molecule has 0 amide bonds. The van der Waals surface area contributed by atoms with Crippen LogP contribution in [0.25, 0.3) is 0 Å². The number of ketones is 1. The Balaban J connectivity index is 1.88. The van der Waals surface area contributed by atoms with Gasteiger partial charge in [-0.1, -0.05) is 18.2 Å². The average molecular weight is 317 g/mol. The van der Waals surface area contributed by atoms with Crippen LogP contribution in [0.3, 0.4) is 0 Å². The number of hydrogen-bond acceptors (Lipinski definition) is 3. The molecule has 3 rings (SSSR count). The molecule has 1 fully saturated rings. The van der Waals surface area contributed by atoms with Crippen molar-refractivity contribution in [3.8, 4) is 0 Å². The Labute approximate surface area is 130 Å². The van der Waals surface area contributed by atoms with E-state index < -0.39 is 15.6 Å². The van der Waals surface area contributed by atoms with E-state index in [1.807, 2.05) is 19.9 Å². The first-order valence-corrected chi connectivity index (χ1v) is 9.05. The molecule has 0 saturated heterocycles. The quantitative estimate of drug-likeness (QED) is 0.796. The van der Waals surface area contributed by atoms with Gasteiger partial charge < -0.3 is 4.57 Å². The average Bonchev–Trinajstić information content (AvgIpc) is 3.25. The zero-order valence-corrected chi connectivity index (χ0v) is 13.6. The largest absolute Gasteiger partial charge is 0.345 e. The van der Waals surface area contributed by atoms with Crippen LogP contribution in [-0.2, 0) is 9.84 Å². The summed E-state index contributed by atoms with van der Waals surface area (Å²) in [6, 6.07) is 10.4. The number of Topliss-reactive ketones (excluding diaryl/α,β-unsaturated/α-hetero) is 1. The molecule has 1 aromatic heterocycles. The number of aryl methyl sites for hydroxylation is 1. The fourth-order valence-electron chi connectivity index (χ4n) is 2.92. The highest BCUT2D eigenvalue weighted by Crippen LogP contribution is 2.38. The topological polar surface area (TPSA) is 56.1 Å². The van der Waals surface area contributed by atoms with Crippen molar-refractivity contribution in [1.82, 2.24) is 4.57 Å². The van der Waals surface area contributed by atoms with Gasteiger partial charge in [-0.3, -0.25) is 4.79 Å². The zero-order chi connectivity index (χ0) is 15.9. The van der Waals surface area contributed by atoms with Gasteiger partial charge in [0.25, 0.3) is 0 Å². The lowest BCUT2D eigenvalue weighted by atomic mass is 10.2. The summed E-state index contributed by atoms with van der Waals surface area (Å²) in [7, 11) is -3.59. The predicted molar refractivity (Wildman–Crippen MR) is 85.0 cm³/mol. The number of carbonyl (C=O) groups excluding carboxylic acids is 1. The van der Waals surface area contributed by atoms with Crippen LogP contribution in [0.5, 0.6) is 0 Å². The number of aromatic nitrogens is 1. The van der Waals surface area contributed by atoms with Crippen LogP contribution in [-0.4, -0.2) is 24.5 Å². The van der Waals surface area contributed by atoms with Crippen molar-refractivity contribution in [1.29, 1.82) is 0 Å². The monoisotopic (exact) mass is 317 g/mol. The number of nitrogens with zero attached hydrogens (tertiary/aromatic N) is 1. The lowest BCUT2D eigenvalue weighted by Crippen LogP contribution is -2.17. The molecule has 0 N–H and O–H groups in total. The van der Waals surface area contributed by atoms with E-state index in [1.165, 1.54) is 12.1 Å². The smallest absolute Gasteiger partial charge is 0.185 e. The molecule has 116 valence electrons. The van der Waals surface area contributed by atoms with E-state index in [0.29, 0.717) is 11.6 Å². The van der Waals surface area contributed by atoms with Crippen LogP contribution in [0.2, 0.25) is 0 Å². The van der Waals surface area contributed by atoms with Crippen molar-refractivity contribution in [2.45, 2.75) is 37.6 Å². The fraction of sp³-hybridized carbons (Fsp3) is 0.353. The van der Waals surface area contributed by atoms with E-state index in [1.54, 1.807) is 18.2 Å². The third-order valence-electron chi connectivity index (χ3n) is 4.12. The molecule has 0 unspecified atom stereocenters. The van der Waals surface area contributed by atoms with Crippen molar-refractivity contribution in [2.75, 3.05) is 5.75 Å². The van der Waals surface area contributed by atoms with Crippen LogP contribution >= 0.6 is 0 Å². The van der Waals surface area contributed by atoms with E-state index in [9.17, 15) is 13.2 Å². The molecular weight excluding hydrogens is 298 g/mol. The first kappa shape index (κ1) is 15.0. The van der Waals surface area contributed by atoms with Gasteiger partial charge in [0.2, 0.25) is 0 Å². The van der Waals surface area contributed by atoms with E-state index in [4.69, 9.17) is 0 Å². The molecule has 1 aliphatic carbocycles. The summed E-state index contributed by atoms with van der Waals surface area (Å²) in [5, 5.41) is 0. The van der Waals surface area contributed by atoms with Crippen molar-refractivity contribution in [3.63, 3.8) is 0 Å². The van der Waals surface area contributed by atoms with Gasteiger partial charge in [0.05, 0.1) is 4.90 Å². The maximum Gasteiger partial charge on any atom is 0.185 e. The standard InChI is InChI=1S/C17H19NO3S/c1-12-10-16(13(2)18(12)14-8-9-14)17(19)11-22(20,21)15-6-4-3-5-7-15/h3-7,10,14H,8-9,11H2,1-2H3. The lowest BCUT2D eigenvalue weighted by Gasteiger charge is -2.08. The minimum atomic E-state index is -3.59. The van der Waals surface area contributed by atoms with Crippen molar-refractivity contribution < 1.29 is 13.2 Å². The second-order valence-electron chi connectivity index (χ2n) is 5.88. The van der Waals surface area contributed by atoms with Gasteiger partial charge in [0.1, 0.15) is 5.75 Å². The molecule has 1 saturated carbocycles. The summed E-state index contributed by atoms with van der Waals surface area (Å²) >= 11 is 0. The first-order valence-electron chi connectivity index (χ1n) is 7.39. The summed E-state index contributed by atoms with van der Waals surface area (Å²) in [6.45, 7) is 3.86. The van der Waals surface area contributed by atoms with Crippen LogP contribution in [0.4, 0.5) is 0 Å². The highest BCUT2D eigenvalue weighted by atomic mass is 32.2.